The van der Waals surface area contributed by atoms with Gasteiger partial charge in [0.25, 0.3) is 5.91 Å². The minimum absolute atomic E-state index is 0.0382. The van der Waals surface area contributed by atoms with Gasteiger partial charge in [0.1, 0.15) is 6.54 Å². The SMILES string of the molecule is Cc1cc(C)cc(N2C(=O)CSC23C(=O)N(CC(=O)NC2CCCC2)c2ccccc23)c1. The Bertz CT molecular complexity index is 1090. The smallest absolute Gasteiger partial charge is 0.269 e. The van der Waals surface area contributed by atoms with Crippen LogP contribution in [0.5, 0.6) is 0 Å². The molecular formula is C25H27N3O3S. The highest BCUT2D eigenvalue weighted by molar-refractivity contribution is 8.02. The lowest BCUT2D eigenvalue weighted by atomic mass is 10.0. The molecule has 2 fully saturated rings. The molecule has 1 saturated carbocycles. The highest BCUT2D eigenvalue weighted by Crippen LogP contribution is 2.55. The third-order valence-electron chi connectivity index (χ3n) is 6.55. The van der Waals surface area contributed by atoms with Gasteiger partial charge in [0.05, 0.1) is 11.4 Å². The van der Waals surface area contributed by atoms with Crippen molar-refractivity contribution in [3.8, 4) is 0 Å². The summed E-state index contributed by atoms with van der Waals surface area (Å²) in [6.07, 6.45) is 4.24. The summed E-state index contributed by atoms with van der Waals surface area (Å²) >= 11 is 1.34. The van der Waals surface area contributed by atoms with Gasteiger partial charge < -0.3 is 5.32 Å². The monoisotopic (exact) mass is 449 g/mol. The molecule has 1 N–H and O–H groups in total. The summed E-state index contributed by atoms with van der Waals surface area (Å²) in [7, 11) is 0. The Labute approximate surface area is 192 Å². The molecule has 1 unspecified atom stereocenters. The molecule has 1 spiro atoms. The van der Waals surface area contributed by atoms with E-state index in [4.69, 9.17) is 0 Å². The molecule has 2 aliphatic heterocycles. The van der Waals surface area contributed by atoms with E-state index in [-0.39, 0.29) is 36.1 Å². The Kier molecular flexibility index (Phi) is 5.24. The molecule has 0 bridgehead atoms. The van der Waals surface area contributed by atoms with Crippen LogP contribution >= 0.6 is 11.8 Å². The van der Waals surface area contributed by atoms with E-state index < -0.39 is 4.87 Å². The Morgan fingerprint density at radius 3 is 2.50 bits per heavy atom. The van der Waals surface area contributed by atoms with Gasteiger partial charge >= 0.3 is 0 Å². The van der Waals surface area contributed by atoms with Crippen LogP contribution < -0.4 is 15.1 Å². The number of anilines is 2. The fourth-order valence-electron chi connectivity index (χ4n) is 5.28. The second-order valence-electron chi connectivity index (χ2n) is 8.97. The van der Waals surface area contributed by atoms with Gasteiger partial charge in [0.2, 0.25) is 16.7 Å². The van der Waals surface area contributed by atoms with Crippen molar-refractivity contribution in [2.45, 2.75) is 50.4 Å². The molecule has 3 aliphatic rings. The number of carbonyl (C=O) groups is 3. The third kappa shape index (κ3) is 3.30. The van der Waals surface area contributed by atoms with Gasteiger partial charge in [0.15, 0.2) is 0 Å². The lowest BCUT2D eigenvalue weighted by molar-refractivity contribution is -0.126. The van der Waals surface area contributed by atoms with Crippen LogP contribution in [0.2, 0.25) is 0 Å². The van der Waals surface area contributed by atoms with Crippen LogP contribution in [0.4, 0.5) is 11.4 Å². The zero-order chi connectivity index (χ0) is 22.5. The van der Waals surface area contributed by atoms with Gasteiger partial charge in [-0.1, -0.05) is 37.1 Å². The number of aryl methyl sites for hydroxylation is 2. The fourth-order valence-corrected chi connectivity index (χ4v) is 6.64. The van der Waals surface area contributed by atoms with Gasteiger partial charge in [-0.3, -0.25) is 24.2 Å². The van der Waals surface area contributed by atoms with E-state index >= 15 is 0 Å². The van der Waals surface area contributed by atoms with Crippen LogP contribution in [0.3, 0.4) is 0 Å². The molecule has 32 heavy (non-hydrogen) atoms. The van der Waals surface area contributed by atoms with Crippen molar-refractivity contribution in [2.24, 2.45) is 0 Å². The molecule has 2 aromatic rings. The lowest BCUT2D eigenvalue weighted by Crippen LogP contribution is -2.51. The Morgan fingerprint density at radius 2 is 1.78 bits per heavy atom. The van der Waals surface area contributed by atoms with Crippen molar-refractivity contribution in [3.63, 3.8) is 0 Å². The first kappa shape index (κ1) is 21.1. The summed E-state index contributed by atoms with van der Waals surface area (Å²) in [5, 5.41) is 3.08. The minimum Gasteiger partial charge on any atom is -0.352 e. The quantitative estimate of drug-likeness (QED) is 0.774. The number of hydrogen-bond acceptors (Lipinski definition) is 4. The summed E-state index contributed by atoms with van der Waals surface area (Å²) in [5.41, 5.74) is 4.26. The van der Waals surface area contributed by atoms with Crippen LogP contribution in [-0.4, -0.2) is 36.1 Å². The number of benzene rings is 2. The van der Waals surface area contributed by atoms with Crippen molar-refractivity contribution in [2.75, 3.05) is 22.1 Å². The normalized spacial score (nSPS) is 22.8. The molecule has 6 nitrogen and oxygen atoms in total. The second kappa shape index (κ2) is 7.96. The minimum atomic E-state index is -1.18. The fraction of sp³-hybridized carbons (Fsp3) is 0.400. The van der Waals surface area contributed by atoms with Crippen molar-refractivity contribution in [3.05, 3.63) is 59.2 Å². The standard InChI is InChI=1S/C25H27N3O3S/c1-16-11-17(2)13-19(12-16)28-23(30)15-32-25(28)20-9-5-6-10-21(20)27(24(25)31)14-22(29)26-18-7-3-4-8-18/h5-6,9-13,18H,3-4,7-8,14-15H2,1-2H3,(H,26,29). The molecule has 3 amide bonds. The zero-order valence-electron chi connectivity index (χ0n) is 18.4. The zero-order valence-corrected chi connectivity index (χ0v) is 19.2. The van der Waals surface area contributed by atoms with E-state index in [2.05, 4.69) is 5.32 Å². The number of carbonyl (C=O) groups excluding carboxylic acids is 3. The van der Waals surface area contributed by atoms with Crippen molar-refractivity contribution in [1.82, 2.24) is 5.32 Å². The van der Waals surface area contributed by atoms with Crippen LogP contribution in [0.15, 0.2) is 42.5 Å². The van der Waals surface area contributed by atoms with E-state index in [0.29, 0.717) is 5.69 Å². The third-order valence-corrected chi connectivity index (χ3v) is 7.94. The summed E-state index contributed by atoms with van der Waals surface area (Å²) in [4.78, 5) is 42.0. The largest absolute Gasteiger partial charge is 0.352 e. The first-order chi connectivity index (χ1) is 15.4. The number of hydrogen-bond donors (Lipinski definition) is 1. The number of nitrogens with one attached hydrogen (secondary N) is 1. The van der Waals surface area contributed by atoms with Gasteiger partial charge in [-0.2, -0.15) is 0 Å². The predicted octanol–water partition coefficient (Wildman–Crippen LogP) is 3.64. The summed E-state index contributed by atoms with van der Waals surface area (Å²) < 4.78 is 0. The molecular weight excluding hydrogens is 422 g/mol. The first-order valence-electron chi connectivity index (χ1n) is 11.2. The van der Waals surface area contributed by atoms with Gasteiger partial charge in [-0.25, -0.2) is 0 Å². The first-order valence-corrected chi connectivity index (χ1v) is 12.1. The summed E-state index contributed by atoms with van der Waals surface area (Å²) in [5.74, 6) is -0.255. The maximum Gasteiger partial charge on any atom is 0.269 e. The molecule has 0 aromatic heterocycles. The van der Waals surface area contributed by atoms with E-state index in [1.165, 1.54) is 11.8 Å². The van der Waals surface area contributed by atoms with E-state index in [0.717, 1.165) is 48.1 Å². The molecule has 1 saturated heterocycles. The Morgan fingerprint density at radius 1 is 1.09 bits per heavy atom. The molecule has 2 heterocycles. The molecule has 7 heteroatoms. The number of para-hydroxylation sites is 1. The maximum absolute atomic E-state index is 14.0. The predicted molar refractivity (Wildman–Crippen MR) is 127 cm³/mol. The van der Waals surface area contributed by atoms with Gasteiger partial charge in [0, 0.05) is 17.3 Å². The topological polar surface area (TPSA) is 69.7 Å². The number of nitrogens with zero attached hydrogens (tertiary/aromatic N) is 2. The lowest BCUT2D eigenvalue weighted by Gasteiger charge is -2.33. The van der Waals surface area contributed by atoms with Gasteiger partial charge in [-0.05, 0) is 56.0 Å². The van der Waals surface area contributed by atoms with Crippen LogP contribution in [0, 0.1) is 13.8 Å². The Hall–Kier alpha value is -2.80. The summed E-state index contributed by atoms with van der Waals surface area (Å²) in [6.45, 7) is 3.94. The van der Waals surface area contributed by atoms with Crippen molar-refractivity contribution >= 4 is 40.9 Å². The summed E-state index contributed by atoms with van der Waals surface area (Å²) in [6, 6.07) is 13.7. The van der Waals surface area contributed by atoms with E-state index in [1.54, 1.807) is 9.80 Å². The number of rotatable bonds is 4. The molecule has 166 valence electrons. The Balaban J connectivity index is 1.54. The van der Waals surface area contributed by atoms with Crippen molar-refractivity contribution < 1.29 is 14.4 Å². The average molecular weight is 450 g/mol. The molecule has 2 aromatic carbocycles. The molecule has 1 atom stereocenters. The van der Waals surface area contributed by atoms with Crippen LogP contribution in [0.1, 0.15) is 42.4 Å². The van der Waals surface area contributed by atoms with Crippen molar-refractivity contribution in [1.29, 1.82) is 0 Å². The number of fused-ring (bicyclic) bond motifs is 2. The second-order valence-corrected chi connectivity index (χ2v) is 10.1. The van der Waals surface area contributed by atoms with Gasteiger partial charge in [-0.15, -0.1) is 11.8 Å². The molecule has 1 aliphatic carbocycles. The molecule has 5 rings (SSSR count). The maximum atomic E-state index is 14.0. The molecule has 0 radical (unpaired) electrons. The number of thioether (sulfide) groups is 1. The highest BCUT2D eigenvalue weighted by Gasteiger charge is 2.61. The average Bonchev–Trinajstić information content (AvgIpc) is 3.43. The van der Waals surface area contributed by atoms with Crippen LogP contribution in [0.25, 0.3) is 0 Å². The highest BCUT2D eigenvalue weighted by atomic mass is 32.2. The van der Waals surface area contributed by atoms with E-state index in [9.17, 15) is 14.4 Å². The number of amides is 3. The van der Waals surface area contributed by atoms with Crippen LogP contribution in [-0.2, 0) is 19.3 Å². The van der Waals surface area contributed by atoms with E-state index in [1.807, 2.05) is 56.3 Å².